The minimum atomic E-state index is -0.464. The summed E-state index contributed by atoms with van der Waals surface area (Å²) < 4.78 is 0. The molecule has 0 spiro atoms. The summed E-state index contributed by atoms with van der Waals surface area (Å²) in [5.41, 5.74) is 2.59. The van der Waals surface area contributed by atoms with Gasteiger partial charge in [0.2, 0.25) is 5.91 Å². The first-order valence-corrected chi connectivity index (χ1v) is 8.92. The number of likely N-dealkylation sites (tertiary alicyclic amines) is 1. The van der Waals surface area contributed by atoms with Crippen molar-refractivity contribution in [1.29, 1.82) is 0 Å². The van der Waals surface area contributed by atoms with E-state index >= 15 is 0 Å². The van der Waals surface area contributed by atoms with Crippen molar-refractivity contribution in [1.82, 2.24) is 15.2 Å². The third-order valence-corrected chi connectivity index (χ3v) is 4.89. The topological polar surface area (TPSA) is 65.2 Å². The van der Waals surface area contributed by atoms with Crippen molar-refractivity contribution in [2.45, 2.75) is 25.4 Å². The Morgan fingerprint density at radius 1 is 1.12 bits per heavy atom. The number of amides is 2. The number of aromatic nitrogens is 1. The quantitative estimate of drug-likeness (QED) is 0.762. The summed E-state index contributed by atoms with van der Waals surface area (Å²) in [6, 6.07) is 17.1. The molecule has 1 atom stereocenters. The number of carbonyl (C=O) groups is 2. The van der Waals surface area contributed by atoms with Crippen LogP contribution in [-0.4, -0.2) is 34.3 Å². The SMILES string of the molecule is O=C(N[C@H]1CCCN(Cc2ccccc2)C1=O)c1c[nH]c2ccccc12. The van der Waals surface area contributed by atoms with E-state index in [1.807, 2.05) is 59.5 Å². The van der Waals surface area contributed by atoms with E-state index in [4.69, 9.17) is 0 Å². The zero-order chi connectivity index (χ0) is 17.9. The van der Waals surface area contributed by atoms with Gasteiger partial charge in [-0.1, -0.05) is 48.5 Å². The molecule has 5 nitrogen and oxygen atoms in total. The van der Waals surface area contributed by atoms with Crippen molar-refractivity contribution in [3.05, 3.63) is 71.9 Å². The van der Waals surface area contributed by atoms with Gasteiger partial charge in [0.05, 0.1) is 5.56 Å². The molecule has 5 heteroatoms. The summed E-state index contributed by atoms with van der Waals surface area (Å²) in [7, 11) is 0. The van der Waals surface area contributed by atoms with E-state index < -0.39 is 6.04 Å². The van der Waals surface area contributed by atoms with Gasteiger partial charge in [0, 0.05) is 30.2 Å². The van der Waals surface area contributed by atoms with Gasteiger partial charge in [-0.25, -0.2) is 0 Å². The first-order chi connectivity index (χ1) is 12.7. The Kier molecular flexibility index (Phi) is 4.44. The Morgan fingerprint density at radius 3 is 2.73 bits per heavy atom. The maximum atomic E-state index is 12.8. The fourth-order valence-corrected chi connectivity index (χ4v) is 3.53. The molecule has 1 aliphatic rings. The predicted octanol–water partition coefficient (Wildman–Crippen LogP) is 3.09. The lowest BCUT2D eigenvalue weighted by Gasteiger charge is -2.32. The summed E-state index contributed by atoms with van der Waals surface area (Å²) in [6.07, 6.45) is 3.27. The summed E-state index contributed by atoms with van der Waals surface area (Å²) in [5, 5.41) is 3.80. The summed E-state index contributed by atoms with van der Waals surface area (Å²) >= 11 is 0. The first-order valence-electron chi connectivity index (χ1n) is 8.92. The maximum absolute atomic E-state index is 12.8. The third-order valence-electron chi connectivity index (χ3n) is 4.89. The van der Waals surface area contributed by atoms with Gasteiger partial charge in [-0.2, -0.15) is 0 Å². The Bertz CT molecular complexity index is 933. The van der Waals surface area contributed by atoms with Crippen molar-refractivity contribution >= 4 is 22.7 Å². The lowest BCUT2D eigenvalue weighted by molar-refractivity contribution is -0.136. The van der Waals surface area contributed by atoms with Gasteiger partial charge >= 0.3 is 0 Å². The molecule has 2 heterocycles. The molecule has 2 N–H and O–H groups in total. The van der Waals surface area contributed by atoms with Gasteiger partial charge in [-0.15, -0.1) is 0 Å². The van der Waals surface area contributed by atoms with Crippen LogP contribution < -0.4 is 5.32 Å². The average molecular weight is 347 g/mol. The van der Waals surface area contributed by atoms with Crippen LogP contribution in [0.25, 0.3) is 10.9 Å². The Balaban J connectivity index is 1.47. The lowest BCUT2D eigenvalue weighted by atomic mass is 10.0. The summed E-state index contributed by atoms with van der Waals surface area (Å²) in [4.78, 5) is 30.4. The molecule has 1 saturated heterocycles. The molecule has 0 saturated carbocycles. The van der Waals surface area contributed by atoms with E-state index in [0.717, 1.165) is 29.4 Å². The van der Waals surface area contributed by atoms with Crippen molar-refractivity contribution in [2.24, 2.45) is 0 Å². The van der Waals surface area contributed by atoms with Crippen LogP contribution in [0.3, 0.4) is 0 Å². The number of fused-ring (bicyclic) bond motifs is 1. The van der Waals surface area contributed by atoms with Gasteiger partial charge in [0.25, 0.3) is 5.91 Å². The predicted molar refractivity (Wildman–Crippen MR) is 101 cm³/mol. The zero-order valence-electron chi connectivity index (χ0n) is 14.4. The highest BCUT2D eigenvalue weighted by atomic mass is 16.2. The number of H-pyrrole nitrogens is 1. The van der Waals surface area contributed by atoms with Crippen LogP contribution in [0, 0.1) is 0 Å². The minimum absolute atomic E-state index is 0.00621. The second-order valence-corrected chi connectivity index (χ2v) is 6.66. The summed E-state index contributed by atoms with van der Waals surface area (Å²) in [6.45, 7) is 1.31. The molecule has 4 rings (SSSR count). The molecule has 0 unspecified atom stereocenters. The van der Waals surface area contributed by atoms with E-state index in [2.05, 4.69) is 10.3 Å². The molecule has 0 radical (unpaired) electrons. The number of para-hydroxylation sites is 1. The molecule has 1 aromatic heterocycles. The highest BCUT2D eigenvalue weighted by Gasteiger charge is 2.30. The largest absolute Gasteiger partial charge is 0.360 e. The molecule has 2 aromatic carbocycles. The van der Waals surface area contributed by atoms with Crippen molar-refractivity contribution in [2.75, 3.05) is 6.54 Å². The molecule has 0 aliphatic carbocycles. The van der Waals surface area contributed by atoms with Crippen LogP contribution >= 0.6 is 0 Å². The van der Waals surface area contributed by atoms with Gasteiger partial charge in [0.1, 0.15) is 6.04 Å². The molecule has 0 bridgehead atoms. The number of piperidine rings is 1. The number of rotatable bonds is 4. The monoisotopic (exact) mass is 347 g/mol. The average Bonchev–Trinajstić information content (AvgIpc) is 3.10. The number of hydrogen-bond donors (Lipinski definition) is 2. The second-order valence-electron chi connectivity index (χ2n) is 6.66. The van der Waals surface area contributed by atoms with Crippen LogP contribution in [0.5, 0.6) is 0 Å². The van der Waals surface area contributed by atoms with Gasteiger partial charge in [0.15, 0.2) is 0 Å². The standard InChI is InChI=1S/C21H21N3O2/c25-20(17-13-22-18-10-5-4-9-16(17)18)23-19-11-6-12-24(21(19)26)14-15-7-2-1-3-8-15/h1-5,7-10,13,19,22H,6,11-12,14H2,(H,23,25)/t19-/m0/s1. The van der Waals surface area contributed by atoms with Gasteiger partial charge in [-0.3, -0.25) is 9.59 Å². The first kappa shape index (κ1) is 16.4. The van der Waals surface area contributed by atoms with E-state index in [1.165, 1.54) is 0 Å². The van der Waals surface area contributed by atoms with Crippen LogP contribution in [-0.2, 0) is 11.3 Å². The number of hydrogen-bond acceptors (Lipinski definition) is 2. The maximum Gasteiger partial charge on any atom is 0.254 e. The second kappa shape index (κ2) is 7.04. The van der Waals surface area contributed by atoms with Gasteiger partial charge < -0.3 is 15.2 Å². The highest BCUT2D eigenvalue weighted by molar-refractivity contribution is 6.07. The molecular formula is C21H21N3O2. The normalized spacial score (nSPS) is 17.5. The van der Waals surface area contributed by atoms with Crippen LogP contribution in [0.2, 0.25) is 0 Å². The Labute approximate surface area is 152 Å². The minimum Gasteiger partial charge on any atom is -0.360 e. The van der Waals surface area contributed by atoms with Crippen molar-refractivity contribution < 1.29 is 9.59 Å². The zero-order valence-corrected chi connectivity index (χ0v) is 14.4. The molecule has 132 valence electrons. The van der Waals surface area contributed by atoms with Crippen LogP contribution in [0.4, 0.5) is 0 Å². The van der Waals surface area contributed by atoms with Crippen molar-refractivity contribution in [3.63, 3.8) is 0 Å². The number of nitrogens with zero attached hydrogens (tertiary/aromatic N) is 1. The van der Waals surface area contributed by atoms with E-state index in [0.29, 0.717) is 18.5 Å². The molecule has 1 aliphatic heterocycles. The molecule has 26 heavy (non-hydrogen) atoms. The molecule has 1 fully saturated rings. The fourth-order valence-electron chi connectivity index (χ4n) is 3.53. The number of carbonyl (C=O) groups excluding carboxylic acids is 2. The number of benzene rings is 2. The number of aromatic amines is 1. The smallest absolute Gasteiger partial charge is 0.254 e. The Morgan fingerprint density at radius 2 is 1.88 bits per heavy atom. The van der Waals surface area contributed by atoms with Crippen LogP contribution in [0.15, 0.2) is 60.8 Å². The van der Waals surface area contributed by atoms with E-state index in [-0.39, 0.29) is 11.8 Å². The van der Waals surface area contributed by atoms with Crippen LogP contribution in [0.1, 0.15) is 28.8 Å². The van der Waals surface area contributed by atoms with E-state index in [1.54, 1.807) is 6.20 Å². The molecular weight excluding hydrogens is 326 g/mol. The van der Waals surface area contributed by atoms with E-state index in [9.17, 15) is 9.59 Å². The lowest BCUT2D eigenvalue weighted by Crippen LogP contribution is -2.51. The van der Waals surface area contributed by atoms with Crippen molar-refractivity contribution in [3.8, 4) is 0 Å². The van der Waals surface area contributed by atoms with Gasteiger partial charge in [-0.05, 0) is 24.5 Å². The fraction of sp³-hybridized carbons (Fsp3) is 0.238. The molecule has 3 aromatic rings. The molecule has 2 amide bonds. The number of nitrogens with one attached hydrogen (secondary N) is 2. The highest BCUT2D eigenvalue weighted by Crippen LogP contribution is 2.19. The third kappa shape index (κ3) is 3.20. The summed E-state index contributed by atoms with van der Waals surface area (Å²) in [5.74, 6) is -0.212. The Hall–Kier alpha value is -3.08.